The maximum Gasteiger partial charge on any atom is 0.534 e. The quantitative estimate of drug-likeness (QED) is 0.363. The van der Waals surface area contributed by atoms with Gasteiger partial charge in [-0.1, -0.05) is 6.58 Å². The zero-order valence-electron chi connectivity index (χ0n) is 12.5. The third-order valence-electron chi connectivity index (χ3n) is 2.62. The van der Waals surface area contributed by atoms with E-state index >= 15 is 0 Å². The van der Waals surface area contributed by atoms with Gasteiger partial charge in [0.25, 0.3) is 0 Å². The van der Waals surface area contributed by atoms with Gasteiger partial charge in [0.15, 0.2) is 5.73 Å². The van der Waals surface area contributed by atoms with E-state index in [-0.39, 0.29) is 0 Å². The second-order valence-corrected chi connectivity index (χ2v) is 6.98. The average molecular weight is 292 g/mol. The van der Waals surface area contributed by atoms with Gasteiger partial charge in [0.2, 0.25) is 0 Å². The van der Waals surface area contributed by atoms with E-state index in [0.29, 0.717) is 12.2 Å². The minimum Gasteiger partial charge on any atom is -0.457 e. The van der Waals surface area contributed by atoms with Crippen LogP contribution in [0.4, 0.5) is 0 Å². The molecule has 0 N–H and O–H groups in total. The third kappa shape index (κ3) is 4.70. The Bertz CT molecular complexity index is 294. The molecule has 7 heteroatoms. The molecule has 0 aliphatic rings. The van der Waals surface area contributed by atoms with Crippen molar-refractivity contribution in [1.29, 1.82) is 0 Å². The summed E-state index contributed by atoms with van der Waals surface area (Å²) in [7, 11) is 1.39. The minimum absolute atomic E-state index is 0.321. The van der Waals surface area contributed by atoms with Crippen molar-refractivity contribution in [2.45, 2.75) is 32.6 Å². The average Bonchev–Trinajstić information content (AvgIpc) is 2.39. The monoisotopic (exact) mass is 292 g/mol. The minimum atomic E-state index is -3.06. The first-order chi connectivity index (χ1) is 8.88. The summed E-state index contributed by atoms with van der Waals surface area (Å²) in [5, 5.41) is 0. The van der Waals surface area contributed by atoms with Gasteiger partial charge in [-0.25, -0.2) is 4.79 Å². The van der Waals surface area contributed by atoms with E-state index in [4.69, 9.17) is 22.8 Å². The van der Waals surface area contributed by atoms with Crippen molar-refractivity contribution < 1.29 is 27.5 Å². The van der Waals surface area contributed by atoms with E-state index in [9.17, 15) is 4.79 Å². The maximum absolute atomic E-state index is 11.6. The van der Waals surface area contributed by atoms with Crippen LogP contribution in [0.2, 0.25) is 0 Å². The SMILES string of the molecule is C=C(C)C(=O)OC(C)C(OCC)[Si](OC)(OC)OC. The number of esters is 1. The topological polar surface area (TPSA) is 63.2 Å². The molecule has 0 spiro atoms. The summed E-state index contributed by atoms with van der Waals surface area (Å²) < 4.78 is 27.0. The van der Waals surface area contributed by atoms with Gasteiger partial charge in [-0.3, -0.25) is 0 Å². The van der Waals surface area contributed by atoms with E-state index in [1.807, 2.05) is 6.92 Å². The van der Waals surface area contributed by atoms with Crippen LogP contribution in [0, 0.1) is 0 Å². The highest BCUT2D eigenvalue weighted by Gasteiger charge is 2.52. The summed E-state index contributed by atoms with van der Waals surface area (Å²) in [5.74, 6) is -0.483. The molecule has 0 rings (SSSR count). The van der Waals surface area contributed by atoms with Gasteiger partial charge in [0.1, 0.15) is 6.10 Å². The summed E-state index contributed by atoms with van der Waals surface area (Å²) in [6.45, 7) is 9.08. The van der Waals surface area contributed by atoms with Gasteiger partial charge in [0, 0.05) is 33.5 Å². The summed E-state index contributed by atoms with van der Waals surface area (Å²) in [4.78, 5) is 11.6. The van der Waals surface area contributed by atoms with Crippen LogP contribution < -0.4 is 0 Å². The molecule has 2 unspecified atom stereocenters. The number of hydrogen-bond acceptors (Lipinski definition) is 6. The molecule has 0 aliphatic heterocycles. The Kier molecular flexibility index (Phi) is 8.11. The van der Waals surface area contributed by atoms with Crippen LogP contribution in [0.1, 0.15) is 20.8 Å². The lowest BCUT2D eigenvalue weighted by atomic mass is 10.3. The van der Waals surface area contributed by atoms with Gasteiger partial charge in [-0.15, -0.1) is 0 Å². The van der Waals surface area contributed by atoms with Crippen molar-refractivity contribution in [3.05, 3.63) is 12.2 Å². The highest BCUT2D eigenvalue weighted by Crippen LogP contribution is 2.21. The fourth-order valence-electron chi connectivity index (χ4n) is 1.63. The fraction of sp³-hybridized carbons (Fsp3) is 0.750. The number of hydrogen-bond donors (Lipinski definition) is 0. The van der Waals surface area contributed by atoms with E-state index < -0.39 is 26.6 Å². The van der Waals surface area contributed by atoms with Crippen LogP contribution in [0.5, 0.6) is 0 Å². The standard InChI is InChI=1S/C12H24O6Si/c1-8-17-12(19(14-5,15-6)16-7)10(4)18-11(13)9(2)3/h10,12H,2,8H2,1,3-7H3. The first-order valence-corrected chi connectivity index (χ1v) is 7.82. The predicted molar refractivity (Wildman–Crippen MR) is 72.6 cm³/mol. The summed E-state index contributed by atoms with van der Waals surface area (Å²) in [6.07, 6.45) is -0.573. The highest BCUT2D eigenvalue weighted by molar-refractivity contribution is 6.62. The van der Waals surface area contributed by atoms with Crippen molar-refractivity contribution in [2.75, 3.05) is 27.9 Å². The van der Waals surface area contributed by atoms with Crippen molar-refractivity contribution in [1.82, 2.24) is 0 Å². The smallest absolute Gasteiger partial charge is 0.457 e. The summed E-state index contributed by atoms with van der Waals surface area (Å²) in [5.41, 5.74) is -0.276. The summed E-state index contributed by atoms with van der Waals surface area (Å²) in [6, 6.07) is 0. The Labute approximate surface area is 116 Å². The largest absolute Gasteiger partial charge is 0.534 e. The van der Waals surface area contributed by atoms with Crippen molar-refractivity contribution in [3.63, 3.8) is 0 Å². The first-order valence-electron chi connectivity index (χ1n) is 6.02. The molecule has 0 aromatic rings. The maximum atomic E-state index is 11.6. The second kappa shape index (κ2) is 8.44. The van der Waals surface area contributed by atoms with E-state index in [0.717, 1.165) is 0 Å². The molecular formula is C12H24O6Si. The van der Waals surface area contributed by atoms with Gasteiger partial charge in [0.05, 0.1) is 0 Å². The van der Waals surface area contributed by atoms with Crippen LogP contribution in [0.15, 0.2) is 12.2 Å². The number of carbonyl (C=O) groups is 1. The molecule has 0 aromatic carbocycles. The Morgan fingerprint density at radius 1 is 1.21 bits per heavy atom. The molecule has 0 aromatic heterocycles. The van der Waals surface area contributed by atoms with Crippen LogP contribution in [-0.2, 0) is 27.5 Å². The van der Waals surface area contributed by atoms with Crippen LogP contribution >= 0.6 is 0 Å². The third-order valence-corrected chi connectivity index (χ3v) is 5.66. The van der Waals surface area contributed by atoms with Crippen LogP contribution in [-0.4, -0.2) is 54.5 Å². The molecule has 0 fully saturated rings. The molecule has 112 valence electrons. The van der Waals surface area contributed by atoms with Crippen molar-refractivity contribution in [2.24, 2.45) is 0 Å². The second-order valence-electron chi connectivity index (χ2n) is 3.98. The molecule has 0 heterocycles. The lowest BCUT2D eigenvalue weighted by molar-refractivity contribution is -0.150. The Morgan fingerprint density at radius 2 is 1.68 bits per heavy atom. The fourth-order valence-corrected chi connectivity index (χ4v) is 3.84. The highest BCUT2D eigenvalue weighted by atomic mass is 28.4. The normalized spacial score (nSPS) is 14.8. The molecule has 2 atom stereocenters. The van der Waals surface area contributed by atoms with E-state index in [2.05, 4.69) is 6.58 Å². The molecular weight excluding hydrogens is 268 g/mol. The van der Waals surface area contributed by atoms with Gasteiger partial charge < -0.3 is 22.8 Å². The Morgan fingerprint density at radius 3 is 2.00 bits per heavy atom. The van der Waals surface area contributed by atoms with Gasteiger partial charge >= 0.3 is 14.8 Å². The lowest BCUT2D eigenvalue weighted by Gasteiger charge is -2.34. The lowest BCUT2D eigenvalue weighted by Crippen LogP contribution is -2.60. The van der Waals surface area contributed by atoms with Crippen LogP contribution in [0.3, 0.4) is 0 Å². The number of ether oxygens (including phenoxy) is 2. The Balaban J connectivity index is 5.06. The zero-order chi connectivity index (χ0) is 15.1. The van der Waals surface area contributed by atoms with Crippen molar-refractivity contribution >= 4 is 14.8 Å². The zero-order valence-corrected chi connectivity index (χ0v) is 13.5. The van der Waals surface area contributed by atoms with E-state index in [1.54, 1.807) is 13.8 Å². The van der Waals surface area contributed by atoms with Crippen LogP contribution in [0.25, 0.3) is 0 Å². The predicted octanol–water partition coefficient (Wildman–Crippen LogP) is 1.32. The first kappa shape index (κ1) is 18.3. The number of rotatable bonds is 9. The van der Waals surface area contributed by atoms with Gasteiger partial charge in [-0.2, -0.15) is 0 Å². The van der Waals surface area contributed by atoms with E-state index in [1.165, 1.54) is 21.3 Å². The molecule has 0 aliphatic carbocycles. The molecule has 6 nitrogen and oxygen atoms in total. The number of carbonyl (C=O) groups excluding carboxylic acids is 1. The molecule has 0 saturated heterocycles. The van der Waals surface area contributed by atoms with Gasteiger partial charge in [-0.05, 0) is 20.8 Å². The molecule has 0 bridgehead atoms. The van der Waals surface area contributed by atoms with Crippen molar-refractivity contribution in [3.8, 4) is 0 Å². The molecule has 0 saturated carbocycles. The Hall–Kier alpha value is -0.733. The molecule has 19 heavy (non-hydrogen) atoms. The molecule has 0 radical (unpaired) electrons. The molecule has 0 amide bonds. The summed E-state index contributed by atoms with van der Waals surface area (Å²) >= 11 is 0.